The third kappa shape index (κ3) is 28.7. The Hall–Kier alpha value is -3.79. The molecule has 0 spiro atoms. The summed E-state index contributed by atoms with van der Waals surface area (Å²) in [4.78, 5) is 64.4. The van der Waals surface area contributed by atoms with E-state index in [4.69, 9.17) is 37.9 Å². The summed E-state index contributed by atoms with van der Waals surface area (Å²) in [6.45, 7) is 1.30. The SMILES string of the molecule is CCCCCCCCCCCCC/C=C/[C@@H](O)[C@H](CO[C@@H]1O[C@H](CO)[C@@H](O[C@@H]2O[C@H](CO)[C@H](O)[C@H](O[C@]3(C(=O)O)C[C@H](O)[C@@H](NC(C)=O)[C@H]([C@H](O)[C@H](O)CO[C@]4(C(=O)O)C[C@H](O)[C@@H](NC(C)=O)[C@H]([C@H](O)[C@H](O)CO)O4)O3)[C@H]2O)[C@H](O)[C@H]1O)NC(=O)CCCCCCCCCCCCCCCCC. The van der Waals surface area contributed by atoms with Crippen molar-refractivity contribution in [3.63, 3.8) is 0 Å². The van der Waals surface area contributed by atoms with Gasteiger partial charge in [-0.2, -0.15) is 0 Å². The van der Waals surface area contributed by atoms with Crippen molar-refractivity contribution in [1.29, 1.82) is 0 Å². The Morgan fingerprint density at radius 1 is 0.520 bits per heavy atom. The molecule has 4 saturated heterocycles. The summed E-state index contributed by atoms with van der Waals surface area (Å²) in [7, 11) is 0. The molecule has 24 atom stereocenters. The predicted octanol–water partition coefficient (Wildman–Crippen LogP) is 0.339. The third-order valence-electron chi connectivity index (χ3n) is 19.4. The second-order valence-electron chi connectivity index (χ2n) is 27.9. The van der Waals surface area contributed by atoms with Gasteiger partial charge in [0.2, 0.25) is 17.7 Å². The molecule has 32 heteroatoms. The first-order chi connectivity index (χ1) is 48.7. The van der Waals surface area contributed by atoms with Crippen LogP contribution in [0.5, 0.6) is 0 Å². The first-order valence-electron chi connectivity index (χ1n) is 37.2. The van der Waals surface area contributed by atoms with Gasteiger partial charge in [0.05, 0.1) is 69.5 Å². The number of nitrogens with one attached hydrogen (secondary N) is 3. The zero-order valence-electron chi connectivity index (χ0n) is 60.1. The van der Waals surface area contributed by atoms with Crippen molar-refractivity contribution >= 4 is 29.7 Å². The summed E-state index contributed by atoms with van der Waals surface area (Å²) in [5, 5.41) is 184. The maximum absolute atomic E-state index is 13.5. The molecule has 0 bridgehead atoms. The molecule has 0 aromatic carbocycles. The topological polar surface area (TPSA) is 519 Å². The van der Waals surface area contributed by atoms with E-state index < -0.39 is 216 Å². The van der Waals surface area contributed by atoms with E-state index in [-0.39, 0.29) is 12.3 Å². The minimum absolute atomic E-state index is 0.159. The van der Waals surface area contributed by atoms with Crippen molar-refractivity contribution < 1.29 is 144 Å². The Morgan fingerprint density at radius 2 is 0.961 bits per heavy atom. The fourth-order valence-corrected chi connectivity index (χ4v) is 13.4. The lowest BCUT2D eigenvalue weighted by atomic mass is 9.87. The smallest absolute Gasteiger partial charge is 0.364 e. The fraction of sp³-hybridized carbons (Fsp3) is 0.900. The molecule has 0 aromatic rings. The Balaban J connectivity index is 1.47. The first-order valence-corrected chi connectivity index (χ1v) is 37.2. The number of carboxylic acid groups (broad SMARTS) is 2. The highest BCUT2D eigenvalue weighted by atomic mass is 16.8. The number of allylic oxidation sites excluding steroid dienone is 1. The number of ether oxygens (including phenoxy) is 8. The molecule has 32 nitrogen and oxygen atoms in total. The summed E-state index contributed by atoms with van der Waals surface area (Å²) in [6, 6.07) is -4.60. The number of rotatable bonds is 52. The summed E-state index contributed by atoms with van der Waals surface area (Å²) in [5.41, 5.74) is 0. The molecule has 0 unspecified atom stereocenters. The van der Waals surface area contributed by atoms with Crippen molar-refractivity contribution in [2.75, 3.05) is 33.0 Å². The number of unbranched alkanes of at least 4 members (excludes halogenated alkanes) is 25. The lowest BCUT2D eigenvalue weighted by Gasteiger charge is -2.50. The largest absolute Gasteiger partial charge is 0.477 e. The molecule has 102 heavy (non-hydrogen) atoms. The monoisotopic (exact) mass is 1470 g/mol. The summed E-state index contributed by atoms with van der Waals surface area (Å²) >= 11 is 0. The quantitative estimate of drug-likeness (QED) is 0.0288. The van der Waals surface area contributed by atoms with Crippen LogP contribution in [0.3, 0.4) is 0 Å². The molecule has 594 valence electrons. The highest BCUT2D eigenvalue weighted by molar-refractivity contribution is 5.78. The second-order valence-corrected chi connectivity index (χ2v) is 27.9. The van der Waals surface area contributed by atoms with E-state index >= 15 is 0 Å². The highest BCUT2D eigenvalue weighted by Gasteiger charge is 2.61. The standard InChI is InChI=1S/C70H125N3O29/c1-5-7-9-11-13-15-17-19-20-22-24-26-28-30-32-34-52(84)73-44(45(79)33-31-29-27-25-23-21-18-16-14-12-10-8-6-2)40-95-65-59(89)58(88)61(51(39-76)98-65)99-66-60(90)64(57(87)50(38-75)97-66)102-70(68(93)94)36-47(81)54(72-43(4)78)63(101-70)56(86)49(83)41-96-69(67(91)92)35-46(80)53(71-42(3)77)62(100-69)55(85)48(82)37-74/h31,33,44-51,53-66,74-76,79-83,85-90H,5-30,32,34-41H2,1-4H3,(H,71,77)(H,72,78)(H,73,84)(H,91,92)(H,93,94)/b33-31+/t44-,45+,46-,47-,48+,49+,50+,51+,53+,54+,55+,56+,57-,58+,59+,60+,61+,62+,63+,64-,65+,66-,69+,70-/m0/s1. The number of amides is 3. The van der Waals surface area contributed by atoms with Gasteiger partial charge in [0, 0.05) is 33.1 Å². The molecule has 4 rings (SSSR count). The van der Waals surface area contributed by atoms with Crippen LogP contribution in [-0.4, -0.2) is 290 Å². The lowest BCUT2D eigenvalue weighted by Crippen LogP contribution is -2.71. The number of aliphatic hydroxyl groups is 14. The van der Waals surface area contributed by atoms with Crippen molar-refractivity contribution in [2.45, 2.75) is 366 Å². The van der Waals surface area contributed by atoms with Gasteiger partial charge in [-0.05, 0) is 19.3 Å². The molecule has 4 aliphatic heterocycles. The van der Waals surface area contributed by atoms with Gasteiger partial charge in [-0.3, -0.25) is 14.4 Å². The molecule has 19 N–H and O–H groups in total. The Bertz CT molecular complexity index is 2410. The molecule has 4 fully saturated rings. The van der Waals surface area contributed by atoms with Crippen LogP contribution in [0.15, 0.2) is 12.2 Å². The van der Waals surface area contributed by atoms with Crippen LogP contribution in [0.4, 0.5) is 0 Å². The lowest BCUT2D eigenvalue weighted by molar-refractivity contribution is -0.386. The molecule has 0 saturated carbocycles. The predicted molar refractivity (Wildman–Crippen MR) is 363 cm³/mol. The number of carbonyl (C=O) groups excluding carboxylic acids is 3. The van der Waals surface area contributed by atoms with Gasteiger partial charge in [-0.15, -0.1) is 0 Å². The van der Waals surface area contributed by atoms with Gasteiger partial charge in [0.15, 0.2) is 12.6 Å². The van der Waals surface area contributed by atoms with Crippen LogP contribution < -0.4 is 16.0 Å². The molecule has 0 aromatic heterocycles. The molecular formula is C70H125N3O29. The Kier molecular flexibility index (Phi) is 42.5. The van der Waals surface area contributed by atoms with Gasteiger partial charge in [-0.25, -0.2) is 9.59 Å². The minimum Gasteiger partial charge on any atom is -0.477 e. The van der Waals surface area contributed by atoms with Crippen molar-refractivity contribution in [3.8, 4) is 0 Å². The summed E-state index contributed by atoms with van der Waals surface area (Å²) in [6.07, 6.45) is -7.62. The average Bonchev–Trinajstić information content (AvgIpc) is 0.758. The van der Waals surface area contributed by atoms with Gasteiger partial charge in [0.25, 0.3) is 11.6 Å². The zero-order valence-corrected chi connectivity index (χ0v) is 60.1. The van der Waals surface area contributed by atoms with Crippen LogP contribution in [0.25, 0.3) is 0 Å². The number of hydrogen-bond donors (Lipinski definition) is 19. The number of hydrogen-bond acceptors (Lipinski definition) is 27. The number of carbonyl (C=O) groups is 5. The van der Waals surface area contributed by atoms with E-state index in [1.165, 1.54) is 109 Å². The van der Waals surface area contributed by atoms with E-state index in [0.717, 1.165) is 65.2 Å². The molecule has 3 amide bonds. The Morgan fingerprint density at radius 3 is 1.42 bits per heavy atom. The number of aliphatic carboxylic acids is 2. The number of carboxylic acids is 2. The highest BCUT2D eigenvalue weighted by Crippen LogP contribution is 2.40. The van der Waals surface area contributed by atoms with Crippen molar-refractivity contribution in [1.82, 2.24) is 16.0 Å². The first kappa shape index (κ1) is 90.6. The van der Waals surface area contributed by atoms with Crippen LogP contribution in [0, 0.1) is 0 Å². The van der Waals surface area contributed by atoms with E-state index in [2.05, 4.69) is 29.8 Å². The molecule has 0 radical (unpaired) electrons. The fourth-order valence-electron chi connectivity index (χ4n) is 13.4. The van der Waals surface area contributed by atoms with Crippen LogP contribution >= 0.6 is 0 Å². The van der Waals surface area contributed by atoms with Gasteiger partial charge < -0.3 is 136 Å². The minimum atomic E-state index is -3.34. The summed E-state index contributed by atoms with van der Waals surface area (Å²) in [5.74, 6) is -12.7. The Labute approximate surface area is 598 Å². The van der Waals surface area contributed by atoms with E-state index in [1.54, 1.807) is 6.08 Å². The third-order valence-corrected chi connectivity index (χ3v) is 19.4. The van der Waals surface area contributed by atoms with E-state index in [9.17, 15) is 106 Å². The van der Waals surface area contributed by atoms with E-state index in [0.29, 0.717) is 12.8 Å². The molecule has 4 heterocycles. The van der Waals surface area contributed by atoms with Crippen LogP contribution in [0.2, 0.25) is 0 Å². The zero-order chi connectivity index (χ0) is 75.5. The van der Waals surface area contributed by atoms with Gasteiger partial charge in [-0.1, -0.05) is 180 Å². The summed E-state index contributed by atoms with van der Waals surface area (Å²) < 4.78 is 46.1. The molecule has 4 aliphatic rings. The average molecular weight is 1470 g/mol. The van der Waals surface area contributed by atoms with Crippen molar-refractivity contribution in [3.05, 3.63) is 12.2 Å². The van der Waals surface area contributed by atoms with E-state index in [1.807, 2.05) is 6.08 Å². The van der Waals surface area contributed by atoms with Gasteiger partial charge in [0.1, 0.15) is 85.5 Å². The molecule has 0 aliphatic carbocycles. The van der Waals surface area contributed by atoms with Crippen LogP contribution in [-0.2, 0) is 61.9 Å². The molecular weight excluding hydrogens is 1350 g/mol. The second kappa shape index (κ2) is 47.8. The maximum Gasteiger partial charge on any atom is 0.364 e. The van der Waals surface area contributed by atoms with Gasteiger partial charge >= 0.3 is 11.9 Å². The maximum atomic E-state index is 13.5. The van der Waals surface area contributed by atoms with Crippen LogP contribution in [0.1, 0.15) is 220 Å². The normalized spacial score (nSPS) is 31.7. The number of aliphatic hydroxyl groups excluding tert-OH is 14. The van der Waals surface area contributed by atoms with Crippen molar-refractivity contribution in [2.24, 2.45) is 0 Å².